The number of rotatable bonds is 2. The molecule has 0 amide bonds. The molecule has 0 nitrogen and oxygen atoms in total. The number of hydrogen-bond donors (Lipinski definition) is 0. The Balaban J connectivity index is 2.30. The first-order chi connectivity index (χ1) is 10.8. The molecule has 120 valence electrons. The van der Waals surface area contributed by atoms with Gasteiger partial charge in [0, 0.05) is 5.92 Å². The van der Waals surface area contributed by atoms with Crippen LogP contribution < -0.4 is 0 Å². The molecular formula is C18H13F5. The molecule has 0 radical (unpaired) electrons. The Kier molecular flexibility index (Phi) is 3.74. The highest BCUT2D eigenvalue weighted by Gasteiger charge is 2.33. The van der Waals surface area contributed by atoms with Crippen LogP contribution in [0, 0.1) is 35.0 Å². The van der Waals surface area contributed by atoms with Gasteiger partial charge in [0.1, 0.15) is 0 Å². The molecule has 1 aliphatic carbocycles. The third-order valence-corrected chi connectivity index (χ3v) is 4.15. The van der Waals surface area contributed by atoms with Gasteiger partial charge in [-0.2, -0.15) is 0 Å². The second-order valence-corrected chi connectivity index (χ2v) is 5.88. The Bertz CT molecular complexity index is 791. The van der Waals surface area contributed by atoms with Crippen molar-refractivity contribution in [3.8, 4) is 0 Å². The largest absolute Gasteiger partial charge is 0.203 e. The van der Waals surface area contributed by atoms with Gasteiger partial charge >= 0.3 is 0 Å². The first kappa shape index (κ1) is 15.7. The van der Waals surface area contributed by atoms with E-state index in [1.807, 2.05) is 13.8 Å². The van der Waals surface area contributed by atoms with Crippen molar-refractivity contribution in [2.75, 3.05) is 0 Å². The number of fused-ring (bicyclic) bond motifs is 1. The van der Waals surface area contributed by atoms with Gasteiger partial charge in [-0.15, -0.1) is 0 Å². The molecule has 1 unspecified atom stereocenters. The molecule has 23 heavy (non-hydrogen) atoms. The lowest BCUT2D eigenvalue weighted by molar-refractivity contribution is 0.376. The summed E-state index contributed by atoms with van der Waals surface area (Å²) in [6.07, 6.45) is 1.58. The fraction of sp³-hybridized carbons (Fsp3) is 0.222. The van der Waals surface area contributed by atoms with Gasteiger partial charge in [0.2, 0.25) is 5.82 Å². The van der Waals surface area contributed by atoms with Crippen LogP contribution in [0.15, 0.2) is 30.3 Å². The van der Waals surface area contributed by atoms with E-state index in [-0.39, 0.29) is 17.4 Å². The molecule has 0 N–H and O–H groups in total. The predicted octanol–water partition coefficient (Wildman–Crippen LogP) is 5.57. The SMILES string of the molecule is CC(C)C1C=C(c2c(F)c(F)c(F)c(F)c2F)c2ccccc21. The molecule has 0 heterocycles. The van der Waals surface area contributed by atoms with E-state index in [0.717, 1.165) is 5.56 Å². The zero-order valence-corrected chi connectivity index (χ0v) is 12.4. The average molecular weight is 324 g/mol. The fourth-order valence-corrected chi connectivity index (χ4v) is 3.00. The third-order valence-electron chi connectivity index (χ3n) is 4.15. The van der Waals surface area contributed by atoms with E-state index in [9.17, 15) is 22.0 Å². The van der Waals surface area contributed by atoms with Crippen LogP contribution in [0.4, 0.5) is 22.0 Å². The van der Waals surface area contributed by atoms with Crippen LogP contribution in [-0.4, -0.2) is 0 Å². The molecule has 2 aromatic rings. The lowest BCUT2D eigenvalue weighted by atomic mass is 9.90. The summed E-state index contributed by atoms with van der Waals surface area (Å²) in [5.41, 5.74) is 0.500. The lowest BCUT2D eigenvalue weighted by Gasteiger charge is -2.14. The molecule has 0 aromatic heterocycles. The molecule has 0 aliphatic heterocycles. The lowest BCUT2D eigenvalue weighted by Crippen LogP contribution is -2.06. The average Bonchev–Trinajstić information content (AvgIpc) is 2.91. The monoisotopic (exact) mass is 324 g/mol. The van der Waals surface area contributed by atoms with E-state index in [1.165, 1.54) is 0 Å². The summed E-state index contributed by atoms with van der Waals surface area (Å²) >= 11 is 0. The van der Waals surface area contributed by atoms with Gasteiger partial charge in [-0.05, 0) is 22.6 Å². The van der Waals surface area contributed by atoms with Crippen LogP contribution >= 0.6 is 0 Å². The summed E-state index contributed by atoms with van der Waals surface area (Å²) in [4.78, 5) is 0. The highest BCUT2D eigenvalue weighted by atomic mass is 19.2. The summed E-state index contributed by atoms with van der Waals surface area (Å²) in [6.45, 7) is 3.86. The van der Waals surface area contributed by atoms with Gasteiger partial charge < -0.3 is 0 Å². The second-order valence-electron chi connectivity index (χ2n) is 5.88. The first-order valence-electron chi connectivity index (χ1n) is 7.17. The molecule has 0 saturated heterocycles. The highest BCUT2D eigenvalue weighted by Crippen LogP contribution is 2.44. The van der Waals surface area contributed by atoms with E-state index in [0.29, 0.717) is 5.56 Å². The molecule has 0 spiro atoms. The fourth-order valence-electron chi connectivity index (χ4n) is 3.00. The molecule has 1 aliphatic rings. The Morgan fingerprint density at radius 2 is 1.30 bits per heavy atom. The number of hydrogen-bond acceptors (Lipinski definition) is 0. The van der Waals surface area contributed by atoms with Gasteiger partial charge in [0.15, 0.2) is 23.3 Å². The summed E-state index contributed by atoms with van der Waals surface area (Å²) in [5, 5.41) is 0. The number of allylic oxidation sites excluding steroid dienone is 1. The minimum Gasteiger partial charge on any atom is -0.203 e. The van der Waals surface area contributed by atoms with Crippen molar-refractivity contribution in [3.63, 3.8) is 0 Å². The van der Waals surface area contributed by atoms with Gasteiger partial charge in [0.25, 0.3) is 0 Å². The zero-order chi connectivity index (χ0) is 16.9. The minimum absolute atomic E-state index is 0.0482. The molecule has 2 aromatic carbocycles. The number of benzene rings is 2. The van der Waals surface area contributed by atoms with Crippen LogP contribution in [0.25, 0.3) is 5.57 Å². The molecule has 5 heteroatoms. The molecule has 0 saturated carbocycles. The normalized spacial score (nSPS) is 16.7. The van der Waals surface area contributed by atoms with Crippen molar-refractivity contribution in [1.82, 2.24) is 0 Å². The molecule has 3 rings (SSSR count). The molecular weight excluding hydrogens is 311 g/mol. The third kappa shape index (κ3) is 2.26. The van der Waals surface area contributed by atoms with Gasteiger partial charge in [-0.3, -0.25) is 0 Å². The quantitative estimate of drug-likeness (QED) is 0.385. The van der Waals surface area contributed by atoms with Gasteiger partial charge in [-0.25, -0.2) is 22.0 Å². The topological polar surface area (TPSA) is 0 Å². The Labute approximate surface area is 130 Å². The smallest absolute Gasteiger partial charge is 0.200 e. The van der Waals surface area contributed by atoms with Crippen molar-refractivity contribution in [2.45, 2.75) is 19.8 Å². The Morgan fingerprint density at radius 1 is 0.783 bits per heavy atom. The summed E-state index contributed by atoms with van der Waals surface area (Å²) < 4.78 is 68.5. The Hall–Kier alpha value is -2.17. The van der Waals surface area contributed by atoms with Crippen LogP contribution in [-0.2, 0) is 0 Å². The van der Waals surface area contributed by atoms with Crippen LogP contribution in [0.5, 0.6) is 0 Å². The van der Waals surface area contributed by atoms with Crippen molar-refractivity contribution in [3.05, 3.63) is 76.1 Å². The Morgan fingerprint density at radius 3 is 1.87 bits per heavy atom. The first-order valence-corrected chi connectivity index (χ1v) is 7.17. The van der Waals surface area contributed by atoms with E-state index in [4.69, 9.17) is 0 Å². The van der Waals surface area contributed by atoms with Crippen molar-refractivity contribution >= 4 is 5.57 Å². The zero-order valence-electron chi connectivity index (χ0n) is 12.4. The van der Waals surface area contributed by atoms with E-state index < -0.39 is 34.6 Å². The van der Waals surface area contributed by atoms with Crippen molar-refractivity contribution < 1.29 is 22.0 Å². The van der Waals surface area contributed by atoms with Crippen LogP contribution in [0.3, 0.4) is 0 Å². The number of halogens is 5. The summed E-state index contributed by atoms with van der Waals surface area (Å²) in [6, 6.07) is 6.88. The van der Waals surface area contributed by atoms with Crippen LogP contribution in [0.2, 0.25) is 0 Å². The van der Waals surface area contributed by atoms with E-state index >= 15 is 0 Å². The second kappa shape index (κ2) is 5.48. The van der Waals surface area contributed by atoms with Gasteiger partial charge in [-0.1, -0.05) is 44.2 Å². The minimum atomic E-state index is -2.14. The highest BCUT2D eigenvalue weighted by molar-refractivity contribution is 5.86. The van der Waals surface area contributed by atoms with Crippen molar-refractivity contribution in [1.29, 1.82) is 0 Å². The van der Waals surface area contributed by atoms with Gasteiger partial charge in [0.05, 0.1) is 5.56 Å². The van der Waals surface area contributed by atoms with E-state index in [1.54, 1.807) is 30.3 Å². The maximum Gasteiger partial charge on any atom is 0.200 e. The summed E-state index contributed by atoms with van der Waals surface area (Å²) in [5.74, 6) is -9.61. The van der Waals surface area contributed by atoms with E-state index in [2.05, 4.69) is 0 Å². The molecule has 0 bridgehead atoms. The summed E-state index contributed by atoms with van der Waals surface area (Å²) in [7, 11) is 0. The predicted molar refractivity (Wildman–Crippen MR) is 77.3 cm³/mol. The van der Waals surface area contributed by atoms with Crippen LogP contribution in [0.1, 0.15) is 36.5 Å². The standard InChI is InChI=1S/C18H13F5/c1-8(2)11-7-12(10-6-4-3-5-9(10)11)13-14(19)16(21)18(23)17(22)15(13)20/h3-8,11H,1-2H3. The van der Waals surface area contributed by atoms with Crippen molar-refractivity contribution in [2.24, 2.45) is 5.92 Å². The maximum atomic E-state index is 14.1. The molecule has 1 atom stereocenters. The maximum absolute atomic E-state index is 14.1. The molecule has 0 fully saturated rings.